The predicted molar refractivity (Wildman–Crippen MR) is 72.5 cm³/mol. The van der Waals surface area contributed by atoms with Crippen molar-refractivity contribution < 1.29 is 0 Å². The number of hydrogen-bond acceptors (Lipinski definition) is 1. The van der Waals surface area contributed by atoms with Gasteiger partial charge in [0, 0.05) is 6.04 Å². The topological polar surface area (TPSA) is 12.0 Å². The Morgan fingerprint density at radius 3 is 2.56 bits per heavy atom. The maximum Gasteiger partial charge on any atom is 0.0624 e. The number of nitrogens with one attached hydrogen (secondary N) is 1. The Labute approximate surface area is 108 Å². The van der Waals surface area contributed by atoms with Crippen molar-refractivity contribution in [2.45, 2.75) is 32.7 Å². The Hall–Kier alpha value is -0.240. The molecule has 1 nitrogen and oxygen atoms in total. The molecule has 0 spiro atoms. The summed E-state index contributed by atoms with van der Waals surface area (Å²) in [5.41, 5.74) is 1.12. The molecule has 0 aliphatic rings. The van der Waals surface area contributed by atoms with Crippen molar-refractivity contribution in [3.63, 3.8) is 0 Å². The van der Waals surface area contributed by atoms with E-state index in [0.29, 0.717) is 22.0 Å². The molecule has 0 saturated heterocycles. The van der Waals surface area contributed by atoms with E-state index in [1.165, 1.54) is 0 Å². The van der Waals surface area contributed by atoms with Crippen molar-refractivity contribution in [1.29, 1.82) is 0 Å². The smallest absolute Gasteiger partial charge is 0.0624 e. The molecule has 1 N–H and O–H groups in total. The van der Waals surface area contributed by atoms with Crippen molar-refractivity contribution in [3.05, 3.63) is 33.8 Å². The molecule has 2 unspecified atom stereocenters. The molecule has 16 heavy (non-hydrogen) atoms. The van der Waals surface area contributed by atoms with E-state index >= 15 is 0 Å². The van der Waals surface area contributed by atoms with E-state index < -0.39 is 0 Å². The van der Waals surface area contributed by atoms with E-state index in [4.69, 9.17) is 23.2 Å². The van der Waals surface area contributed by atoms with E-state index in [0.717, 1.165) is 18.4 Å². The first-order valence-electron chi connectivity index (χ1n) is 5.70. The van der Waals surface area contributed by atoms with Crippen molar-refractivity contribution in [2.24, 2.45) is 5.92 Å². The first-order chi connectivity index (χ1) is 7.60. The number of hydrogen-bond donors (Lipinski definition) is 1. The maximum atomic E-state index is 6.18. The minimum atomic E-state index is 0.445. The van der Waals surface area contributed by atoms with Gasteiger partial charge in [0.05, 0.1) is 10.0 Å². The summed E-state index contributed by atoms with van der Waals surface area (Å²) in [5, 5.41) is 4.67. The van der Waals surface area contributed by atoms with Crippen LogP contribution in [0.2, 0.25) is 10.0 Å². The van der Waals surface area contributed by atoms with Crippen LogP contribution in [0.15, 0.2) is 18.2 Å². The highest BCUT2D eigenvalue weighted by atomic mass is 35.5. The molecule has 0 heterocycles. The van der Waals surface area contributed by atoms with Crippen LogP contribution < -0.4 is 5.32 Å². The fraction of sp³-hybridized carbons (Fsp3) is 0.538. The molecular formula is C13H19Cl2N. The lowest BCUT2D eigenvalue weighted by Crippen LogP contribution is -2.33. The quantitative estimate of drug-likeness (QED) is 0.837. The van der Waals surface area contributed by atoms with Gasteiger partial charge in [-0.05, 0) is 31.0 Å². The van der Waals surface area contributed by atoms with E-state index in [1.54, 1.807) is 0 Å². The van der Waals surface area contributed by atoms with Crippen LogP contribution in [0, 0.1) is 5.92 Å². The fourth-order valence-corrected chi connectivity index (χ4v) is 2.21. The Bertz CT molecular complexity index is 339. The second kappa shape index (κ2) is 6.48. The Balaban J connectivity index is 2.82. The summed E-state index contributed by atoms with van der Waals surface area (Å²) in [7, 11) is 2.00. The molecule has 1 aromatic carbocycles. The molecular weight excluding hydrogens is 241 g/mol. The SMILES string of the molecule is CCC(C)C(Cc1cccc(Cl)c1Cl)NC. The molecule has 1 aromatic rings. The van der Waals surface area contributed by atoms with Crippen molar-refractivity contribution in [3.8, 4) is 0 Å². The summed E-state index contributed by atoms with van der Waals surface area (Å²) < 4.78 is 0. The molecule has 90 valence electrons. The highest BCUT2D eigenvalue weighted by Gasteiger charge is 2.16. The molecule has 0 amide bonds. The molecule has 0 bridgehead atoms. The third-order valence-corrected chi connectivity index (χ3v) is 4.03. The zero-order valence-electron chi connectivity index (χ0n) is 10.1. The normalized spacial score (nSPS) is 14.8. The Morgan fingerprint density at radius 1 is 1.31 bits per heavy atom. The van der Waals surface area contributed by atoms with Gasteiger partial charge in [-0.15, -0.1) is 0 Å². The van der Waals surface area contributed by atoms with Crippen LogP contribution in [0.25, 0.3) is 0 Å². The number of likely N-dealkylation sites (N-methyl/N-ethyl adjacent to an activating group) is 1. The van der Waals surface area contributed by atoms with Crippen molar-refractivity contribution in [1.82, 2.24) is 5.32 Å². The van der Waals surface area contributed by atoms with Crippen molar-refractivity contribution in [2.75, 3.05) is 7.05 Å². The highest BCUT2D eigenvalue weighted by Crippen LogP contribution is 2.27. The van der Waals surface area contributed by atoms with Crippen LogP contribution in [0.4, 0.5) is 0 Å². The first-order valence-corrected chi connectivity index (χ1v) is 6.45. The average Bonchev–Trinajstić information content (AvgIpc) is 2.30. The third kappa shape index (κ3) is 3.38. The maximum absolute atomic E-state index is 6.18. The van der Waals surface area contributed by atoms with Crippen LogP contribution in [0.3, 0.4) is 0 Å². The number of benzene rings is 1. The van der Waals surface area contributed by atoms with Gasteiger partial charge in [-0.2, -0.15) is 0 Å². The second-order valence-electron chi connectivity index (χ2n) is 4.20. The van der Waals surface area contributed by atoms with Crippen LogP contribution in [0.5, 0.6) is 0 Å². The summed E-state index contributed by atoms with van der Waals surface area (Å²) >= 11 is 12.2. The fourth-order valence-electron chi connectivity index (χ4n) is 1.82. The Morgan fingerprint density at radius 2 is 2.00 bits per heavy atom. The molecule has 0 aliphatic heterocycles. The first kappa shape index (κ1) is 13.8. The standard InChI is InChI=1S/C13H19Cl2N/c1-4-9(2)12(16-3)8-10-6-5-7-11(14)13(10)15/h5-7,9,12,16H,4,8H2,1-3H3. The lowest BCUT2D eigenvalue weighted by Gasteiger charge is -2.23. The zero-order chi connectivity index (χ0) is 12.1. The second-order valence-corrected chi connectivity index (χ2v) is 4.98. The van der Waals surface area contributed by atoms with Gasteiger partial charge in [0.25, 0.3) is 0 Å². The van der Waals surface area contributed by atoms with Crippen LogP contribution in [-0.4, -0.2) is 13.1 Å². The van der Waals surface area contributed by atoms with Crippen LogP contribution >= 0.6 is 23.2 Å². The lowest BCUT2D eigenvalue weighted by molar-refractivity contribution is 0.386. The summed E-state index contributed by atoms with van der Waals surface area (Å²) in [6, 6.07) is 6.26. The van der Waals surface area contributed by atoms with Gasteiger partial charge >= 0.3 is 0 Å². The van der Waals surface area contributed by atoms with E-state index in [2.05, 4.69) is 19.2 Å². The number of rotatable bonds is 5. The molecule has 3 heteroatoms. The van der Waals surface area contributed by atoms with Gasteiger partial charge in [-0.25, -0.2) is 0 Å². The zero-order valence-corrected chi connectivity index (χ0v) is 11.6. The largest absolute Gasteiger partial charge is 0.316 e. The van der Waals surface area contributed by atoms with Crippen LogP contribution in [-0.2, 0) is 6.42 Å². The molecule has 0 aliphatic carbocycles. The lowest BCUT2D eigenvalue weighted by atomic mass is 9.93. The van der Waals surface area contributed by atoms with E-state index in [9.17, 15) is 0 Å². The van der Waals surface area contributed by atoms with Gasteiger partial charge in [0.2, 0.25) is 0 Å². The monoisotopic (exact) mass is 259 g/mol. The highest BCUT2D eigenvalue weighted by molar-refractivity contribution is 6.42. The molecule has 1 rings (SSSR count). The predicted octanol–water partition coefficient (Wildman–Crippen LogP) is 4.17. The average molecular weight is 260 g/mol. The molecule has 2 atom stereocenters. The van der Waals surface area contributed by atoms with Gasteiger partial charge in [-0.3, -0.25) is 0 Å². The van der Waals surface area contributed by atoms with Gasteiger partial charge in [0.15, 0.2) is 0 Å². The number of halogens is 2. The minimum absolute atomic E-state index is 0.445. The molecule has 0 aromatic heterocycles. The summed E-state index contributed by atoms with van der Waals surface area (Å²) in [6.45, 7) is 4.45. The van der Waals surface area contributed by atoms with Gasteiger partial charge in [-0.1, -0.05) is 55.6 Å². The van der Waals surface area contributed by atoms with Crippen LogP contribution in [0.1, 0.15) is 25.8 Å². The Kier molecular flexibility index (Phi) is 5.60. The molecule has 0 radical (unpaired) electrons. The summed E-state index contributed by atoms with van der Waals surface area (Å²) in [5.74, 6) is 0.625. The summed E-state index contributed by atoms with van der Waals surface area (Å²) in [4.78, 5) is 0. The van der Waals surface area contributed by atoms with E-state index in [1.807, 2.05) is 25.2 Å². The minimum Gasteiger partial charge on any atom is -0.316 e. The van der Waals surface area contributed by atoms with Gasteiger partial charge in [0.1, 0.15) is 0 Å². The molecule has 0 fully saturated rings. The van der Waals surface area contributed by atoms with E-state index in [-0.39, 0.29) is 0 Å². The summed E-state index contributed by atoms with van der Waals surface area (Å²) in [6.07, 6.45) is 2.08. The molecule has 0 saturated carbocycles. The third-order valence-electron chi connectivity index (χ3n) is 3.17. The van der Waals surface area contributed by atoms with Gasteiger partial charge < -0.3 is 5.32 Å². The van der Waals surface area contributed by atoms with Crippen molar-refractivity contribution >= 4 is 23.2 Å².